The lowest BCUT2D eigenvalue weighted by molar-refractivity contribution is 0.0205. The topological polar surface area (TPSA) is 54.9 Å². The third kappa shape index (κ3) is 6.35. The zero-order valence-corrected chi connectivity index (χ0v) is 15.6. The normalized spacial score (nSPS) is 13.5. The average molecular weight is 339 g/mol. The van der Waals surface area contributed by atoms with Gasteiger partial charge in [0, 0.05) is 27.2 Å². The number of guanidine groups is 1. The maximum atomic E-state index is 13.9. The summed E-state index contributed by atoms with van der Waals surface area (Å²) in [7, 11) is 3.41. The van der Waals surface area contributed by atoms with Crippen molar-refractivity contribution in [2.45, 2.75) is 40.3 Å². The van der Waals surface area contributed by atoms with Gasteiger partial charge in [-0.2, -0.15) is 0 Å². The average Bonchev–Trinajstić information content (AvgIpc) is 2.52. The molecule has 1 unspecified atom stereocenters. The molecule has 0 fully saturated rings. The molecular weight excluding hydrogens is 309 g/mol. The minimum atomic E-state index is -0.355. The first-order valence-electron chi connectivity index (χ1n) is 8.20. The maximum absolute atomic E-state index is 13.9. The highest BCUT2D eigenvalue weighted by Gasteiger charge is 2.24. The first kappa shape index (κ1) is 20.2. The van der Waals surface area contributed by atoms with Crippen molar-refractivity contribution < 1.29 is 13.9 Å². The first-order valence-corrected chi connectivity index (χ1v) is 8.20. The van der Waals surface area contributed by atoms with Gasteiger partial charge in [-0.05, 0) is 30.0 Å². The summed E-state index contributed by atoms with van der Waals surface area (Å²) in [6.45, 7) is 9.76. The van der Waals surface area contributed by atoms with Gasteiger partial charge >= 0.3 is 0 Å². The second-order valence-corrected chi connectivity index (χ2v) is 6.59. The number of halogens is 1. The molecule has 6 heteroatoms. The van der Waals surface area contributed by atoms with Gasteiger partial charge in [-0.15, -0.1) is 0 Å². The fraction of sp³-hybridized carbons (Fsp3) is 0.611. The third-order valence-electron chi connectivity index (χ3n) is 3.69. The summed E-state index contributed by atoms with van der Waals surface area (Å²) in [6.07, 6.45) is 0.0546. The monoisotopic (exact) mass is 339 g/mol. The van der Waals surface area contributed by atoms with E-state index in [-0.39, 0.29) is 23.1 Å². The second-order valence-electron chi connectivity index (χ2n) is 6.59. The van der Waals surface area contributed by atoms with Gasteiger partial charge in [0.05, 0.1) is 12.7 Å². The lowest BCUT2D eigenvalue weighted by Gasteiger charge is -2.30. The number of nitrogens with zero attached hydrogens (tertiary/aromatic N) is 1. The Balaban J connectivity index is 2.57. The number of benzene rings is 1. The van der Waals surface area contributed by atoms with Crippen LogP contribution in [0.3, 0.4) is 0 Å². The summed E-state index contributed by atoms with van der Waals surface area (Å²) in [5.41, 5.74) is 0.844. The van der Waals surface area contributed by atoms with Gasteiger partial charge in [-0.25, -0.2) is 4.39 Å². The number of hydrogen-bond acceptors (Lipinski definition) is 3. The van der Waals surface area contributed by atoms with Crippen molar-refractivity contribution in [1.29, 1.82) is 0 Å². The smallest absolute Gasteiger partial charge is 0.191 e. The van der Waals surface area contributed by atoms with Crippen LogP contribution in [0.1, 0.15) is 33.3 Å². The van der Waals surface area contributed by atoms with Gasteiger partial charge < -0.3 is 20.1 Å². The summed E-state index contributed by atoms with van der Waals surface area (Å²) in [5.74, 6) is 0.568. The predicted octanol–water partition coefficient (Wildman–Crippen LogP) is 2.95. The molecule has 0 aliphatic carbocycles. The van der Waals surface area contributed by atoms with E-state index < -0.39 is 0 Å². The number of aliphatic imine (C=N–C) groups is 1. The molecule has 1 aromatic rings. The molecule has 0 amide bonds. The molecule has 1 atom stereocenters. The van der Waals surface area contributed by atoms with E-state index in [4.69, 9.17) is 9.47 Å². The maximum Gasteiger partial charge on any atom is 0.191 e. The van der Waals surface area contributed by atoms with Gasteiger partial charge in [0.25, 0.3) is 0 Å². The van der Waals surface area contributed by atoms with Gasteiger partial charge in [0.2, 0.25) is 0 Å². The van der Waals surface area contributed by atoms with E-state index in [0.29, 0.717) is 25.7 Å². The van der Waals surface area contributed by atoms with E-state index in [9.17, 15) is 4.39 Å². The van der Waals surface area contributed by atoms with Crippen molar-refractivity contribution in [3.63, 3.8) is 0 Å². The lowest BCUT2D eigenvalue weighted by Crippen LogP contribution is -2.45. The molecule has 136 valence electrons. The van der Waals surface area contributed by atoms with E-state index in [2.05, 4.69) is 36.4 Å². The fourth-order valence-electron chi connectivity index (χ4n) is 2.27. The standard InChI is InChI=1S/C18H30FN3O2/c1-7-24-15-9-8-13(10-14(15)19)11-21-17(20-5)22-12-16(23-6)18(2,3)4/h8-10,16H,7,11-12H2,1-6H3,(H2,20,21,22). The summed E-state index contributed by atoms with van der Waals surface area (Å²) in [4.78, 5) is 4.18. The zero-order valence-electron chi connectivity index (χ0n) is 15.6. The minimum absolute atomic E-state index is 0.0266. The van der Waals surface area contributed by atoms with Crippen molar-refractivity contribution in [2.75, 3.05) is 27.3 Å². The Bertz CT molecular complexity index is 542. The quantitative estimate of drug-likeness (QED) is 0.592. The molecule has 5 nitrogen and oxygen atoms in total. The van der Waals surface area contributed by atoms with Crippen LogP contribution in [0, 0.1) is 11.2 Å². The molecule has 0 aliphatic rings. The highest BCUT2D eigenvalue weighted by Crippen LogP contribution is 2.21. The summed E-state index contributed by atoms with van der Waals surface area (Å²) in [6, 6.07) is 4.95. The van der Waals surface area contributed by atoms with E-state index in [1.54, 1.807) is 20.2 Å². The van der Waals surface area contributed by atoms with Gasteiger partial charge in [-0.1, -0.05) is 26.8 Å². The van der Waals surface area contributed by atoms with Crippen LogP contribution >= 0.6 is 0 Å². The SMILES string of the molecule is CCOc1ccc(CNC(=NC)NCC(OC)C(C)(C)C)cc1F. The highest BCUT2D eigenvalue weighted by molar-refractivity contribution is 5.79. The van der Waals surface area contributed by atoms with Crippen LogP contribution in [0.5, 0.6) is 5.75 Å². The highest BCUT2D eigenvalue weighted by atomic mass is 19.1. The van der Waals surface area contributed by atoms with Crippen molar-refractivity contribution in [3.05, 3.63) is 29.6 Å². The Kier molecular flexibility index (Phi) is 7.98. The fourth-order valence-corrected chi connectivity index (χ4v) is 2.27. The van der Waals surface area contributed by atoms with Crippen LogP contribution in [-0.4, -0.2) is 39.4 Å². The Morgan fingerprint density at radius 1 is 1.29 bits per heavy atom. The predicted molar refractivity (Wildman–Crippen MR) is 96.0 cm³/mol. The van der Waals surface area contributed by atoms with Crippen molar-refractivity contribution in [1.82, 2.24) is 10.6 Å². The Morgan fingerprint density at radius 3 is 2.50 bits per heavy atom. The lowest BCUT2D eigenvalue weighted by atomic mass is 9.89. The van der Waals surface area contributed by atoms with Crippen LogP contribution in [0.2, 0.25) is 0 Å². The molecule has 2 N–H and O–H groups in total. The molecule has 0 aliphatic heterocycles. The summed E-state index contributed by atoms with van der Waals surface area (Å²) in [5, 5.41) is 6.41. The van der Waals surface area contributed by atoms with Crippen molar-refractivity contribution in [3.8, 4) is 5.75 Å². The molecule has 0 bridgehead atoms. The number of nitrogens with one attached hydrogen (secondary N) is 2. The number of rotatable bonds is 7. The first-order chi connectivity index (χ1) is 11.3. The molecule has 0 radical (unpaired) electrons. The van der Waals surface area contributed by atoms with Crippen LogP contribution in [0.15, 0.2) is 23.2 Å². The summed E-state index contributed by atoms with van der Waals surface area (Å²) >= 11 is 0. The molecular formula is C18H30FN3O2. The molecule has 1 aromatic carbocycles. The van der Waals surface area contributed by atoms with Crippen molar-refractivity contribution >= 4 is 5.96 Å². The molecule has 0 heterocycles. The molecule has 1 rings (SSSR count). The summed E-state index contributed by atoms with van der Waals surface area (Å²) < 4.78 is 24.6. The van der Waals surface area contributed by atoms with Crippen LogP contribution in [-0.2, 0) is 11.3 Å². The molecule has 0 aromatic heterocycles. The Morgan fingerprint density at radius 2 is 2.00 bits per heavy atom. The number of ether oxygens (including phenoxy) is 2. The van der Waals surface area contributed by atoms with Crippen molar-refractivity contribution in [2.24, 2.45) is 10.4 Å². The van der Waals surface area contributed by atoms with Crippen LogP contribution in [0.25, 0.3) is 0 Å². The van der Waals surface area contributed by atoms with Crippen LogP contribution in [0.4, 0.5) is 4.39 Å². The van der Waals surface area contributed by atoms with Gasteiger partial charge in [-0.3, -0.25) is 4.99 Å². The Labute approximate surface area is 144 Å². The van der Waals surface area contributed by atoms with E-state index in [0.717, 1.165) is 5.56 Å². The molecule has 0 saturated heterocycles. The van der Waals surface area contributed by atoms with Crippen LogP contribution < -0.4 is 15.4 Å². The Hall–Kier alpha value is -1.82. The zero-order chi connectivity index (χ0) is 18.2. The molecule has 0 spiro atoms. The second kappa shape index (κ2) is 9.47. The minimum Gasteiger partial charge on any atom is -0.491 e. The third-order valence-corrected chi connectivity index (χ3v) is 3.69. The molecule has 24 heavy (non-hydrogen) atoms. The number of hydrogen-bond donors (Lipinski definition) is 2. The van der Waals surface area contributed by atoms with Gasteiger partial charge in [0.1, 0.15) is 0 Å². The number of methoxy groups -OCH3 is 1. The van der Waals surface area contributed by atoms with E-state index in [1.807, 2.05) is 13.0 Å². The van der Waals surface area contributed by atoms with E-state index in [1.165, 1.54) is 6.07 Å². The largest absolute Gasteiger partial charge is 0.491 e. The van der Waals surface area contributed by atoms with Gasteiger partial charge in [0.15, 0.2) is 17.5 Å². The van der Waals surface area contributed by atoms with E-state index >= 15 is 0 Å². The molecule has 0 saturated carbocycles.